The highest BCUT2D eigenvalue weighted by atomic mass is 16.2. The van der Waals surface area contributed by atoms with Crippen molar-refractivity contribution < 1.29 is 4.79 Å². The maximum atomic E-state index is 13.5. The maximum Gasteiger partial charge on any atom is 0.249 e. The molecule has 1 aromatic heterocycles. The normalized spacial score (nSPS) is 12.0. The lowest BCUT2D eigenvalue weighted by Gasteiger charge is -2.31. The van der Waals surface area contributed by atoms with Gasteiger partial charge in [-0.2, -0.15) is 0 Å². The Bertz CT molecular complexity index is 990. The number of carbonyl (C=O) groups is 1. The minimum absolute atomic E-state index is 0.0308. The van der Waals surface area contributed by atoms with E-state index in [1.807, 2.05) is 54.6 Å². The van der Waals surface area contributed by atoms with Crippen LogP contribution in [0.1, 0.15) is 21.5 Å². The zero-order valence-electron chi connectivity index (χ0n) is 16.8. The topological polar surface area (TPSA) is 38.1 Å². The van der Waals surface area contributed by atoms with Gasteiger partial charge >= 0.3 is 0 Å². The first-order chi connectivity index (χ1) is 14.8. The van der Waals surface area contributed by atoms with Crippen molar-refractivity contribution in [3.8, 4) is 0 Å². The molecule has 4 nitrogen and oxygen atoms in total. The summed E-state index contributed by atoms with van der Waals surface area (Å²) < 4.78 is 1.59. The van der Waals surface area contributed by atoms with Crippen molar-refractivity contribution in [2.24, 2.45) is 0 Å². The van der Waals surface area contributed by atoms with E-state index >= 15 is 0 Å². The van der Waals surface area contributed by atoms with E-state index in [4.69, 9.17) is 0 Å². The molecule has 4 aromatic rings. The van der Waals surface area contributed by atoms with Crippen molar-refractivity contribution >= 4 is 5.91 Å². The average molecular weight is 396 g/mol. The van der Waals surface area contributed by atoms with E-state index in [1.54, 1.807) is 23.3 Å². The van der Waals surface area contributed by atoms with Crippen molar-refractivity contribution in [1.82, 2.24) is 14.5 Å². The lowest BCUT2D eigenvalue weighted by atomic mass is 10.0. The molecule has 1 heterocycles. The largest absolute Gasteiger partial charge is 0.283 e. The summed E-state index contributed by atoms with van der Waals surface area (Å²) in [6, 6.07) is 30.5. The number of hydrogen-bond donors (Lipinski definition) is 0. The zero-order valence-corrected chi connectivity index (χ0v) is 16.8. The van der Waals surface area contributed by atoms with Crippen LogP contribution in [0.2, 0.25) is 0 Å². The third-order valence-corrected chi connectivity index (χ3v) is 5.21. The van der Waals surface area contributed by atoms with E-state index in [2.05, 4.69) is 46.3 Å². The molecule has 0 aliphatic rings. The summed E-state index contributed by atoms with van der Waals surface area (Å²) in [5.41, 5.74) is 3.51. The summed E-state index contributed by atoms with van der Waals surface area (Å²) >= 11 is 0. The Morgan fingerprint density at radius 2 is 1.27 bits per heavy atom. The number of rotatable bonds is 8. The van der Waals surface area contributed by atoms with Crippen LogP contribution in [-0.2, 0) is 19.5 Å². The smallest absolute Gasteiger partial charge is 0.249 e. The van der Waals surface area contributed by atoms with Crippen molar-refractivity contribution in [2.45, 2.75) is 25.6 Å². The molecule has 0 saturated carbocycles. The van der Waals surface area contributed by atoms with Crippen LogP contribution in [0.15, 0.2) is 110 Å². The van der Waals surface area contributed by atoms with Gasteiger partial charge in [0.05, 0.1) is 6.04 Å². The van der Waals surface area contributed by atoms with Crippen LogP contribution >= 0.6 is 0 Å². The van der Waals surface area contributed by atoms with E-state index in [1.165, 1.54) is 11.1 Å². The standard InChI is InChI=1S/C26H25N3O/c30-26(28-17-16-27-21-28)25(18-22-10-4-1-5-11-22)29(19-23-12-6-2-7-13-23)20-24-14-8-3-9-15-24/h1-17,21,25H,18-20H2/t25-/m0/s1. The van der Waals surface area contributed by atoms with Crippen LogP contribution < -0.4 is 0 Å². The highest BCUT2D eigenvalue weighted by molar-refractivity contribution is 5.84. The molecule has 4 rings (SSSR count). The molecule has 0 amide bonds. The van der Waals surface area contributed by atoms with Crippen LogP contribution in [0, 0.1) is 0 Å². The van der Waals surface area contributed by atoms with Crippen molar-refractivity contribution in [3.63, 3.8) is 0 Å². The fourth-order valence-corrected chi connectivity index (χ4v) is 3.68. The average Bonchev–Trinajstić information content (AvgIpc) is 3.34. The quantitative estimate of drug-likeness (QED) is 0.429. The molecule has 0 fully saturated rings. The zero-order chi connectivity index (χ0) is 20.6. The fourth-order valence-electron chi connectivity index (χ4n) is 3.68. The van der Waals surface area contributed by atoms with Gasteiger partial charge in [-0.25, -0.2) is 4.98 Å². The van der Waals surface area contributed by atoms with Gasteiger partial charge in [0, 0.05) is 25.5 Å². The Balaban J connectivity index is 1.69. The van der Waals surface area contributed by atoms with Gasteiger partial charge in [0.1, 0.15) is 6.33 Å². The third kappa shape index (κ3) is 5.10. The van der Waals surface area contributed by atoms with Crippen LogP contribution in [0.5, 0.6) is 0 Å². The van der Waals surface area contributed by atoms with Gasteiger partial charge in [-0.3, -0.25) is 14.3 Å². The van der Waals surface area contributed by atoms with E-state index in [-0.39, 0.29) is 11.9 Å². The summed E-state index contributed by atoms with van der Waals surface area (Å²) in [4.78, 5) is 19.9. The van der Waals surface area contributed by atoms with Crippen LogP contribution in [0.25, 0.3) is 0 Å². The Kier molecular flexibility index (Phi) is 6.47. The second-order valence-electron chi connectivity index (χ2n) is 7.39. The molecule has 3 aromatic carbocycles. The first-order valence-electron chi connectivity index (χ1n) is 10.2. The van der Waals surface area contributed by atoms with Crippen molar-refractivity contribution in [2.75, 3.05) is 0 Å². The number of nitrogens with zero attached hydrogens (tertiary/aromatic N) is 3. The van der Waals surface area contributed by atoms with Gasteiger partial charge in [0.25, 0.3) is 0 Å². The lowest BCUT2D eigenvalue weighted by molar-refractivity contribution is 0.0702. The maximum absolute atomic E-state index is 13.5. The van der Waals surface area contributed by atoms with Gasteiger partial charge in [-0.15, -0.1) is 0 Å². The van der Waals surface area contributed by atoms with E-state index in [9.17, 15) is 4.79 Å². The number of carbonyl (C=O) groups excluding carboxylic acids is 1. The van der Waals surface area contributed by atoms with Gasteiger partial charge in [0.15, 0.2) is 0 Å². The minimum atomic E-state index is -0.318. The molecule has 0 spiro atoms. The van der Waals surface area contributed by atoms with E-state index < -0.39 is 0 Å². The number of aromatic nitrogens is 2. The van der Waals surface area contributed by atoms with Crippen molar-refractivity contribution in [1.29, 1.82) is 0 Å². The molecule has 0 aliphatic heterocycles. The highest BCUT2D eigenvalue weighted by Crippen LogP contribution is 2.18. The Morgan fingerprint density at radius 1 is 0.767 bits per heavy atom. The Hall–Kier alpha value is -3.50. The molecule has 0 radical (unpaired) electrons. The molecule has 0 saturated heterocycles. The van der Waals surface area contributed by atoms with Gasteiger partial charge < -0.3 is 0 Å². The first-order valence-corrected chi connectivity index (χ1v) is 10.2. The minimum Gasteiger partial charge on any atom is -0.283 e. The number of hydrogen-bond acceptors (Lipinski definition) is 3. The number of imidazole rings is 1. The summed E-state index contributed by atoms with van der Waals surface area (Å²) in [5, 5.41) is 0. The molecule has 0 bridgehead atoms. The fraction of sp³-hybridized carbons (Fsp3) is 0.154. The SMILES string of the molecule is O=C([C@H](Cc1ccccc1)N(Cc1ccccc1)Cc1ccccc1)n1ccnc1. The highest BCUT2D eigenvalue weighted by Gasteiger charge is 2.27. The van der Waals surface area contributed by atoms with E-state index in [0.29, 0.717) is 19.5 Å². The summed E-state index contributed by atoms with van der Waals surface area (Å²) in [6.45, 7) is 1.38. The van der Waals surface area contributed by atoms with Gasteiger partial charge in [-0.05, 0) is 23.1 Å². The summed E-state index contributed by atoms with van der Waals surface area (Å²) in [5.74, 6) is 0.0308. The molecule has 30 heavy (non-hydrogen) atoms. The molecular formula is C26H25N3O. The van der Waals surface area contributed by atoms with Gasteiger partial charge in [-0.1, -0.05) is 91.0 Å². The monoisotopic (exact) mass is 395 g/mol. The van der Waals surface area contributed by atoms with Crippen LogP contribution in [0.3, 0.4) is 0 Å². The summed E-state index contributed by atoms with van der Waals surface area (Å²) in [7, 11) is 0. The summed E-state index contributed by atoms with van der Waals surface area (Å²) in [6.07, 6.45) is 5.60. The predicted octanol–water partition coefficient (Wildman–Crippen LogP) is 4.84. The van der Waals surface area contributed by atoms with Gasteiger partial charge in [0.2, 0.25) is 5.91 Å². The lowest BCUT2D eigenvalue weighted by Crippen LogP contribution is -2.44. The van der Waals surface area contributed by atoms with Crippen molar-refractivity contribution in [3.05, 3.63) is 126 Å². The second kappa shape index (κ2) is 9.81. The first kappa shape index (κ1) is 19.8. The van der Waals surface area contributed by atoms with Crippen LogP contribution in [-0.4, -0.2) is 26.4 Å². The predicted molar refractivity (Wildman–Crippen MR) is 119 cm³/mol. The van der Waals surface area contributed by atoms with Crippen LogP contribution in [0.4, 0.5) is 0 Å². The number of benzene rings is 3. The molecule has 4 heteroatoms. The molecule has 0 N–H and O–H groups in total. The molecule has 0 unspecified atom stereocenters. The second-order valence-corrected chi connectivity index (χ2v) is 7.39. The van der Waals surface area contributed by atoms with E-state index in [0.717, 1.165) is 5.56 Å². The Labute approximate surface area is 177 Å². The molecule has 150 valence electrons. The molecule has 0 aliphatic carbocycles. The Morgan fingerprint density at radius 3 is 1.73 bits per heavy atom. The molecule has 1 atom stereocenters. The third-order valence-electron chi connectivity index (χ3n) is 5.21. The molecular weight excluding hydrogens is 370 g/mol.